The molecule has 0 aromatic heterocycles. The Morgan fingerprint density at radius 2 is 1.73 bits per heavy atom. The highest BCUT2D eigenvalue weighted by Crippen LogP contribution is 2.35. The molecule has 3 aromatic carbocycles. The van der Waals surface area contributed by atoms with E-state index < -0.39 is 31.6 Å². The standard InChI is InChI=1S/C23H23FN2O5S2/c1-31-20-10-12-21(13-11-20)33(29,30)26-14-4-6-17-8-9-19(15-23(17)26)25-32(27,28)16-18-5-2-3-7-22(18)24/h2-3,5,7-13,15,25H,4,6,14,16H2,1H3. The van der Waals surface area contributed by atoms with Crippen LogP contribution in [0.2, 0.25) is 0 Å². The number of sulfonamides is 2. The van der Waals surface area contributed by atoms with Gasteiger partial charge in [0.2, 0.25) is 10.0 Å². The summed E-state index contributed by atoms with van der Waals surface area (Å²) in [6.07, 6.45) is 1.31. The molecule has 4 rings (SSSR count). The quantitative estimate of drug-likeness (QED) is 0.542. The van der Waals surface area contributed by atoms with Crippen LogP contribution in [0.3, 0.4) is 0 Å². The molecule has 0 bridgehead atoms. The van der Waals surface area contributed by atoms with Gasteiger partial charge >= 0.3 is 0 Å². The number of rotatable bonds is 7. The number of aryl methyl sites for hydroxylation is 1. The predicted octanol–water partition coefficient (Wildman–Crippen LogP) is 3.92. The third kappa shape index (κ3) is 4.96. The van der Waals surface area contributed by atoms with Crippen molar-refractivity contribution in [1.29, 1.82) is 0 Å². The number of halogens is 1. The first kappa shape index (κ1) is 23.1. The zero-order valence-electron chi connectivity index (χ0n) is 17.9. The van der Waals surface area contributed by atoms with E-state index in [2.05, 4.69) is 4.72 Å². The molecule has 1 aliphatic heterocycles. The van der Waals surface area contributed by atoms with E-state index in [1.54, 1.807) is 30.3 Å². The first-order chi connectivity index (χ1) is 15.7. The van der Waals surface area contributed by atoms with E-state index in [9.17, 15) is 21.2 Å². The Morgan fingerprint density at radius 3 is 2.42 bits per heavy atom. The number of anilines is 2. The van der Waals surface area contributed by atoms with Crippen molar-refractivity contribution in [2.75, 3.05) is 22.7 Å². The summed E-state index contributed by atoms with van der Waals surface area (Å²) in [7, 11) is -6.29. The first-order valence-electron chi connectivity index (χ1n) is 10.2. The lowest BCUT2D eigenvalue weighted by Gasteiger charge is -2.31. The molecule has 33 heavy (non-hydrogen) atoms. The van der Waals surface area contributed by atoms with Crippen molar-refractivity contribution < 1.29 is 26.0 Å². The Morgan fingerprint density at radius 1 is 1.00 bits per heavy atom. The van der Waals surface area contributed by atoms with E-state index in [0.717, 1.165) is 5.56 Å². The van der Waals surface area contributed by atoms with Gasteiger partial charge in [0.05, 0.1) is 29.1 Å². The SMILES string of the molecule is COc1ccc(S(=O)(=O)N2CCCc3ccc(NS(=O)(=O)Cc4ccccc4F)cc32)cc1. The zero-order valence-corrected chi connectivity index (χ0v) is 19.5. The summed E-state index contributed by atoms with van der Waals surface area (Å²) in [6, 6.07) is 16.6. The summed E-state index contributed by atoms with van der Waals surface area (Å²) in [5.74, 6) is -0.602. The highest BCUT2D eigenvalue weighted by Gasteiger charge is 2.29. The van der Waals surface area contributed by atoms with Gasteiger partial charge in [-0.15, -0.1) is 0 Å². The number of hydrogen-bond donors (Lipinski definition) is 1. The van der Waals surface area contributed by atoms with E-state index in [4.69, 9.17) is 4.74 Å². The number of hydrogen-bond acceptors (Lipinski definition) is 5. The van der Waals surface area contributed by atoms with Crippen molar-refractivity contribution in [3.63, 3.8) is 0 Å². The predicted molar refractivity (Wildman–Crippen MR) is 125 cm³/mol. The van der Waals surface area contributed by atoms with Crippen LogP contribution in [0.4, 0.5) is 15.8 Å². The fourth-order valence-corrected chi connectivity index (χ4v) is 6.50. The second kappa shape index (κ2) is 9.03. The van der Waals surface area contributed by atoms with Crippen molar-refractivity contribution in [2.24, 2.45) is 0 Å². The Balaban J connectivity index is 1.63. The molecule has 10 heteroatoms. The molecular weight excluding hydrogens is 467 g/mol. The molecule has 0 radical (unpaired) electrons. The third-order valence-corrected chi connectivity index (χ3v) is 8.45. The van der Waals surface area contributed by atoms with Gasteiger partial charge in [0.15, 0.2) is 0 Å². The highest BCUT2D eigenvalue weighted by molar-refractivity contribution is 7.93. The van der Waals surface area contributed by atoms with E-state index >= 15 is 0 Å². The Hall–Kier alpha value is -3.11. The fourth-order valence-electron chi connectivity index (χ4n) is 3.76. The van der Waals surface area contributed by atoms with Gasteiger partial charge in [-0.3, -0.25) is 9.03 Å². The van der Waals surface area contributed by atoms with Crippen molar-refractivity contribution in [3.8, 4) is 5.75 Å². The number of methoxy groups -OCH3 is 1. The number of benzene rings is 3. The largest absolute Gasteiger partial charge is 0.497 e. The minimum atomic E-state index is -3.92. The van der Waals surface area contributed by atoms with Gasteiger partial charge in [-0.25, -0.2) is 21.2 Å². The molecule has 0 saturated carbocycles. The molecule has 0 amide bonds. The first-order valence-corrected chi connectivity index (χ1v) is 13.3. The fraction of sp³-hybridized carbons (Fsp3) is 0.217. The maximum atomic E-state index is 13.9. The monoisotopic (exact) mass is 490 g/mol. The van der Waals surface area contributed by atoms with Crippen LogP contribution in [0.1, 0.15) is 17.5 Å². The molecule has 174 valence electrons. The average molecular weight is 491 g/mol. The van der Waals surface area contributed by atoms with Gasteiger partial charge in [0.25, 0.3) is 10.0 Å². The molecule has 1 aliphatic rings. The summed E-state index contributed by atoms with van der Waals surface area (Å²) in [5.41, 5.74) is 1.48. The second-order valence-corrected chi connectivity index (χ2v) is 11.2. The summed E-state index contributed by atoms with van der Waals surface area (Å²) < 4.78 is 74.6. The van der Waals surface area contributed by atoms with Crippen LogP contribution in [0, 0.1) is 5.82 Å². The van der Waals surface area contributed by atoms with Crippen LogP contribution in [-0.2, 0) is 32.2 Å². The van der Waals surface area contributed by atoms with Gasteiger partial charge in [-0.05, 0) is 60.9 Å². The van der Waals surface area contributed by atoms with Gasteiger partial charge in [0.1, 0.15) is 11.6 Å². The lowest BCUT2D eigenvalue weighted by Crippen LogP contribution is -2.35. The minimum absolute atomic E-state index is 0.0478. The summed E-state index contributed by atoms with van der Waals surface area (Å²) in [5, 5.41) is 0. The Labute approximate surface area is 192 Å². The summed E-state index contributed by atoms with van der Waals surface area (Å²) in [4.78, 5) is 0.113. The second-order valence-electron chi connectivity index (χ2n) is 7.65. The summed E-state index contributed by atoms with van der Waals surface area (Å²) in [6.45, 7) is 0.271. The molecular formula is C23H23FN2O5S2. The summed E-state index contributed by atoms with van der Waals surface area (Å²) >= 11 is 0. The molecule has 0 unspecified atom stereocenters. The maximum absolute atomic E-state index is 13.9. The van der Waals surface area contributed by atoms with E-state index in [-0.39, 0.29) is 22.7 Å². The van der Waals surface area contributed by atoms with Crippen LogP contribution >= 0.6 is 0 Å². The molecule has 1 heterocycles. The molecule has 1 N–H and O–H groups in total. The van der Waals surface area contributed by atoms with Crippen molar-refractivity contribution in [2.45, 2.75) is 23.5 Å². The van der Waals surface area contributed by atoms with Gasteiger partial charge in [-0.2, -0.15) is 0 Å². The van der Waals surface area contributed by atoms with E-state index in [0.29, 0.717) is 24.3 Å². The van der Waals surface area contributed by atoms with E-state index in [1.165, 1.54) is 47.8 Å². The maximum Gasteiger partial charge on any atom is 0.264 e. The van der Waals surface area contributed by atoms with Crippen LogP contribution < -0.4 is 13.8 Å². The van der Waals surface area contributed by atoms with Crippen LogP contribution in [0.25, 0.3) is 0 Å². The van der Waals surface area contributed by atoms with Crippen LogP contribution in [0.15, 0.2) is 71.6 Å². The molecule has 0 aliphatic carbocycles. The lowest BCUT2D eigenvalue weighted by atomic mass is 10.0. The highest BCUT2D eigenvalue weighted by atomic mass is 32.2. The molecule has 7 nitrogen and oxygen atoms in total. The average Bonchev–Trinajstić information content (AvgIpc) is 2.79. The van der Waals surface area contributed by atoms with Crippen LogP contribution in [0.5, 0.6) is 5.75 Å². The smallest absolute Gasteiger partial charge is 0.264 e. The normalized spacial score (nSPS) is 13.9. The van der Waals surface area contributed by atoms with E-state index in [1.807, 2.05) is 0 Å². The molecule has 3 aromatic rings. The van der Waals surface area contributed by atoms with Crippen LogP contribution in [-0.4, -0.2) is 30.5 Å². The van der Waals surface area contributed by atoms with Gasteiger partial charge in [-0.1, -0.05) is 24.3 Å². The topological polar surface area (TPSA) is 92.8 Å². The minimum Gasteiger partial charge on any atom is -0.497 e. The van der Waals surface area contributed by atoms with Gasteiger partial charge < -0.3 is 4.74 Å². The third-order valence-electron chi connectivity index (χ3n) is 5.39. The van der Waals surface area contributed by atoms with Crippen molar-refractivity contribution >= 4 is 31.4 Å². The van der Waals surface area contributed by atoms with Crippen molar-refractivity contribution in [3.05, 3.63) is 83.7 Å². The molecule has 0 atom stereocenters. The lowest BCUT2D eigenvalue weighted by molar-refractivity contribution is 0.414. The molecule has 0 spiro atoms. The zero-order chi connectivity index (χ0) is 23.6. The number of ether oxygens (including phenoxy) is 1. The molecule has 0 fully saturated rings. The Kier molecular flexibility index (Phi) is 6.31. The van der Waals surface area contributed by atoms with Gasteiger partial charge in [0, 0.05) is 12.1 Å². The number of nitrogens with one attached hydrogen (secondary N) is 1. The van der Waals surface area contributed by atoms with Crippen molar-refractivity contribution in [1.82, 2.24) is 0 Å². The number of fused-ring (bicyclic) bond motifs is 1. The Bertz CT molecular complexity index is 1370. The molecule has 0 saturated heterocycles. The number of nitrogens with zero attached hydrogens (tertiary/aromatic N) is 1.